The summed E-state index contributed by atoms with van der Waals surface area (Å²) in [5.41, 5.74) is 3.76. The van der Waals surface area contributed by atoms with Gasteiger partial charge in [-0.1, -0.05) is 54.3 Å². The second-order valence-electron chi connectivity index (χ2n) is 8.06. The van der Waals surface area contributed by atoms with E-state index < -0.39 is 0 Å². The van der Waals surface area contributed by atoms with Crippen molar-refractivity contribution < 1.29 is 14.3 Å². The van der Waals surface area contributed by atoms with Gasteiger partial charge in [-0.2, -0.15) is 0 Å². The minimum absolute atomic E-state index is 0.134. The van der Waals surface area contributed by atoms with Crippen molar-refractivity contribution in [1.29, 1.82) is 0 Å². The summed E-state index contributed by atoms with van der Waals surface area (Å²) in [6.45, 7) is 0. The van der Waals surface area contributed by atoms with Crippen LogP contribution in [0.5, 0.6) is 0 Å². The van der Waals surface area contributed by atoms with E-state index in [0.717, 1.165) is 44.1 Å². The number of rotatable bonds is 3. The Kier molecular flexibility index (Phi) is 4.97. The Hall–Kier alpha value is -1.90. The minimum Gasteiger partial charge on any atom is -0.469 e. The van der Waals surface area contributed by atoms with Crippen molar-refractivity contribution in [3.8, 4) is 0 Å². The molecule has 0 amide bonds. The zero-order valence-electron chi connectivity index (χ0n) is 15.6. The SMILES string of the molecule is COC(=O)[C@H]1[C@H](C(=O)c2ccccc2)[C@H]2CCCCC2=C2CCCC[C@H]21. The van der Waals surface area contributed by atoms with Crippen LogP contribution in [0.4, 0.5) is 0 Å². The summed E-state index contributed by atoms with van der Waals surface area (Å²) in [6.07, 6.45) is 9.00. The quantitative estimate of drug-likeness (QED) is 0.438. The van der Waals surface area contributed by atoms with Crippen LogP contribution in [0, 0.1) is 23.7 Å². The molecule has 1 aromatic carbocycles. The minimum atomic E-state index is -0.310. The van der Waals surface area contributed by atoms with Gasteiger partial charge in [0.25, 0.3) is 0 Å². The molecule has 1 aromatic rings. The van der Waals surface area contributed by atoms with Crippen molar-refractivity contribution in [2.45, 2.75) is 51.4 Å². The number of fused-ring (bicyclic) bond motifs is 2. The maximum Gasteiger partial charge on any atom is 0.310 e. The van der Waals surface area contributed by atoms with E-state index in [-0.39, 0.29) is 35.4 Å². The molecule has 2 saturated carbocycles. The van der Waals surface area contributed by atoms with E-state index in [1.54, 1.807) is 0 Å². The van der Waals surface area contributed by atoms with E-state index in [9.17, 15) is 9.59 Å². The first-order valence-corrected chi connectivity index (χ1v) is 10.1. The lowest BCUT2D eigenvalue weighted by atomic mass is 9.56. The molecular formula is C23H28O3. The molecule has 0 aromatic heterocycles. The molecule has 3 heteroatoms. The molecule has 4 atom stereocenters. The van der Waals surface area contributed by atoms with Gasteiger partial charge in [0.2, 0.25) is 0 Å². The van der Waals surface area contributed by atoms with Crippen LogP contribution in [-0.2, 0) is 9.53 Å². The van der Waals surface area contributed by atoms with Crippen LogP contribution in [0.3, 0.4) is 0 Å². The predicted octanol–water partition coefficient (Wildman–Crippen LogP) is 4.97. The first kappa shape index (κ1) is 17.5. The van der Waals surface area contributed by atoms with E-state index in [1.165, 1.54) is 31.1 Å². The fourth-order valence-electron chi connectivity index (χ4n) is 5.76. The second-order valence-corrected chi connectivity index (χ2v) is 8.06. The summed E-state index contributed by atoms with van der Waals surface area (Å²) in [5.74, 6) is -0.187. The number of hydrogen-bond acceptors (Lipinski definition) is 3. The molecule has 3 nitrogen and oxygen atoms in total. The smallest absolute Gasteiger partial charge is 0.310 e. The van der Waals surface area contributed by atoms with E-state index in [2.05, 4.69) is 0 Å². The summed E-state index contributed by atoms with van der Waals surface area (Å²) in [6, 6.07) is 9.53. The van der Waals surface area contributed by atoms with Crippen molar-refractivity contribution in [3.63, 3.8) is 0 Å². The number of ketones is 1. The van der Waals surface area contributed by atoms with E-state index in [0.29, 0.717) is 0 Å². The standard InChI is InChI=1S/C23H28O3/c1-26-23(25)21-19-14-8-6-12-17(19)16-11-5-7-13-18(16)20(21)22(24)15-9-3-2-4-10-15/h2-4,9-10,18-21H,5-8,11-14H2,1H3/t18-,19+,20+,21+/m0/s1. The molecule has 0 unspecified atom stereocenters. The number of allylic oxidation sites excluding steroid dienone is 2. The number of carbonyl (C=O) groups excluding carboxylic acids is 2. The van der Waals surface area contributed by atoms with Gasteiger partial charge in [0.15, 0.2) is 5.78 Å². The number of ether oxygens (including phenoxy) is 1. The Morgan fingerprint density at radius 1 is 0.846 bits per heavy atom. The highest BCUT2D eigenvalue weighted by molar-refractivity contribution is 6.00. The van der Waals surface area contributed by atoms with Crippen molar-refractivity contribution in [3.05, 3.63) is 47.0 Å². The maximum atomic E-state index is 13.5. The topological polar surface area (TPSA) is 43.4 Å². The second kappa shape index (κ2) is 7.38. The monoisotopic (exact) mass is 352 g/mol. The Morgan fingerprint density at radius 2 is 1.42 bits per heavy atom. The van der Waals surface area contributed by atoms with Gasteiger partial charge in [0.1, 0.15) is 0 Å². The Balaban J connectivity index is 1.82. The van der Waals surface area contributed by atoms with Crippen LogP contribution < -0.4 is 0 Å². The third kappa shape index (κ3) is 2.91. The lowest BCUT2D eigenvalue weighted by molar-refractivity contribution is -0.150. The normalized spacial score (nSPS) is 31.0. The van der Waals surface area contributed by atoms with Crippen molar-refractivity contribution >= 4 is 11.8 Å². The number of Topliss-reactive ketones (excluding diaryl/α,β-unsaturated/α-hetero) is 1. The lowest BCUT2D eigenvalue weighted by Crippen LogP contribution is -2.47. The van der Waals surface area contributed by atoms with Gasteiger partial charge in [-0.25, -0.2) is 0 Å². The van der Waals surface area contributed by atoms with Crippen LogP contribution in [-0.4, -0.2) is 18.9 Å². The first-order chi connectivity index (χ1) is 12.7. The average molecular weight is 352 g/mol. The van der Waals surface area contributed by atoms with Gasteiger partial charge in [-0.3, -0.25) is 9.59 Å². The summed E-state index contributed by atoms with van der Waals surface area (Å²) >= 11 is 0. The summed E-state index contributed by atoms with van der Waals surface area (Å²) in [5, 5.41) is 0. The summed E-state index contributed by atoms with van der Waals surface area (Å²) in [7, 11) is 1.47. The Morgan fingerprint density at radius 3 is 2.00 bits per heavy atom. The molecule has 2 fully saturated rings. The zero-order valence-corrected chi connectivity index (χ0v) is 15.6. The molecule has 0 bridgehead atoms. The maximum absolute atomic E-state index is 13.5. The number of carbonyl (C=O) groups is 2. The van der Waals surface area contributed by atoms with Gasteiger partial charge >= 0.3 is 5.97 Å². The van der Waals surface area contributed by atoms with E-state index in [4.69, 9.17) is 4.74 Å². The van der Waals surface area contributed by atoms with Gasteiger partial charge in [0.05, 0.1) is 13.0 Å². The molecule has 0 radical (unpaired) electrons. The molecule has 3 aliphatic rings. The van der Waals surface area contributed by atoms with Crippen LogP contribution >= 0.6 is 0 Å². The van der Waals surface area contributed by atoms with Crippen molar-refractivity contribution in [2.75, 3.05) is 7.11 Å². The highest BCUT2D eigenvalue weighted by Crippen LogP contribution is 2.53. The van der Waals surface area contributed by atoms with Crippen molar-refractivity contribution in [1.82, 2.24) is 0 Å². The number of hydrogen-bond donors (Lipinski definition) is 0. The third-order valence-electron chi connectivity index (χ3n) is 6.82. The largest absolute Gasteiger partial charge is 0.469 e. The summed E-state index contributed by atoms with van der Waals surface area (Å²) in [4.78, 5) is 26.4. The zero-order chi connectivity index (χ0) is 18.1. The Labute approximate surface area is 155 Å². The van der Waals surface area contributed by atoms with Gasteiger partial charge in [0, 0.05) is 11.5 Å². The molecule has 138 valence electrons. The van der Waals surface area contributed by atoms with E-state index in [1.807, 2.05) is 30.3 Å². The number of esters is 1. The van der Waals surface area contributed by atoms with Crippen molar-refractivity contribution in [2.24, 2.45) is 23.7 Å². The highest BCUT2D eigenvalue weighted by atomic mass is 16.5. The summed E-state index contributed by atoms with van der Waals surface area (Å²) < 4.78 is 5.22. The predicted molar refractivity (Wildman–Crippen MR) is 101 cm³/mol. The van der Waals surface area contributed by atoms with Crippen LogP contribution in [0.2, 0.25) is 0 Å². The number of benzene rings is 1. The fraction of sp³-hybridized carbons (Fsp3) is 0.565. The van der Waals surface area contributed by atoms with Crippen LogP contribution in [0.1, 0.15) is 61.7 Å². The van der Waals surface area contributed by atoms with Crippen LogP contribution in [0.15, 0.2) is 41.5 Å². The molecule has 26 heavy (non-hydrogen) atoms. The van der Waals surface area contributed by atoms with Gasteiger partial charge in [-0.15, -0.1) is 0 Å². The molecule has 0 saturated heterocycles. The fourth-order valence-corrected chi connectivity index (χ4v) is 5.76. The third-order valence-corrected chi connectivity index (χ3v) is 6.82. The average Bonchev–Trinajstić information content (AvgIpc) is 2.72. The van der Waals surface area contributed by atoms with Gasteiger partial charge < -0.3 is 4.74 Å². The molecule has 0 N–H and O–H groups in total. The molecule has 4 rings (SSSR count). The van der Waals surface area contributed by atoms with E-state index >= 15 is 0 Å². The molecule has 0 spiro atoms. The lowest BCUT2D eigenvalue weighted by Gasteiger charge is -2.47. The molecule has 0 aliphatic heterocycles. The Bertz CT molecular complexity index is 718. The van der Waals surface area contributed by atoms with Crippen LogP contribution in [0.25, 0.3) is 0 Å². The number of methoxy groups -OCH3 is 1. The molecule has 3 aliphatic carbocycles. The molecule has 0 heterocycles. The first-order valence-electron chi connectivity index (χ1n) is 10.1. The highest BCUT2D eigenvalue weighted by Gasteiger charge is 2.51. The molecular weight excluding hydrogens is 324 g/mol. The van der Waals surface area contributed by atoms with Gasteiger partial charge in [-0.05, 0) is 50.4 Å².